The molecule has 0 spiro atoms. The quantitative estimate of drug-likeness (QED) is 0.502. The standard InChI is InChI=1S/C28H30N2O5S/c1-33-22-14-24(35-3)23(34-2)12-17(22)18-13-26(32)30(20-9-7-10-21(31)27(18)20)28-19(15-29)16-8-5-4-6-11-25(16)36-28/h12,14,18H,4-11,13H2,1-3H3. The molecular formula is C28H30N2O5S. The lowest BCUT2D eigenvalue weighted by atomic mass is 9.77. The number of ether oxygens (including phenoxy) is 3. The van der Waals surface area contributed by atoms with Crippen LogP contribution in [0.5, 0.6) is 17.2 Å². The first-order valence-electron chi connectivity index (χ1n) is 12.5. The van der Waals surface area contributed by atoms with Crippen LogP contribution in [0.25, 0.3) is 0 Å². The zero-order chi connectivity index (χ0) is 25.4. The number of Topliss-reactive ketones (excluding diaryl/α,β-unsaturated/α-hetero) is 1. The van der Waals surface area contributed by atoms with Crippen molar-refractivity contribution >= 4 is 28.0 Å². The van der Waals surface area contributed by atoms with E-state index in [1.807, 2.05) is 6.07 Å². The Morgan fingerprint density at radius 2 is 1.64 bits per heavy atom. The summed E-state index contributed by atoms with van der Waals surface area (Å²) in [4.78, 5) is 30.2. The zero-order valence-electron chi connectivity index (χ0n) is 20.9. The van der Waals surface area contributed by atoms with Gasteiger partial charge in [0, 0.05) is 46.5 Å². The second kappa shape index (κ2) is 9.98. The highest BCUT2D eigenvalue weighted by Crippen LogP contribution is 2.50. The molecule has 5 rings (SSSR count). The lowest BCUT2D eigenvalue weighted by molar-refractivity contribution is -0.119. The monoisotopic (exact) mass is 506 g/mol. The van der Waals surface area contributed by atoms with Crippen LogP contribution in [0.2, 0.25) is 0 Å². The highest BCUT2D eigenvalue weighted by Gasteiger charge is 2.42. The van der Waals surface area contributed by atoms with Crippen molar-refractivity contribution in [2.45, 2.75) is 63.7 Å². The number of aryl methyl sites for hydroxylation is 1. The summed E-state index contributed by atoms with van der Waals surface area (Å²) in [6, 6.07) is 5.95. The number of nitrogens with zero attached hydrogens (tertiary/aromatic N) is 2. The smallest absolute Gasteiger partial charge is 0.232 e. The molecule has 2 aliphatic carbocycles. The van der Waals surface area contributed by atoms with Crippen LogP contribution in [0, 0.1) is 11.3 Å². The van der Waals surface area contributed by atoms with Gasteiger partial charge < -0.3 is 14.2 Å². The Bertz CT molecular complexity index is 1300. The third kappa shape index (κ3) is 3.96. The highest BCUT2D eigenvalue weighted by molar-refractivity contribution is 7.16. The van der Waals surface area contributed by atoms with E-state index < -0.39 is 5.92 Å². The number of methoxy groups -OCH3 is 3. The molecule has 2 heterocycles. The third-order valence-electron chi connectivity index (χ3n) is 7.50. The molecule has 3 aliphatic rings. The summed E-state index contributed by atoms with van der Waals surface area (Å²) < 4.78 is 16.6. The topological polar surface area (TPSA) is 88.9 Å². The van der Waals surface area contributed by atoms with Crippen LogP contribution >= 0.6 is 11.3 Å². The molecule has 1 atom stereocenters. The summed E-state index contributed by atoms with van der Waals surface area (Å²) in [6.45, 7) is 0. The van der Waals surface area contributed by atoms with Crippen molar-refractivity contribution < 1.29 is 23.8 Å². The SMILES string of the molecule is COc1cc(OC)c(C2CC(=O)N(c3sc4c(c3C#N)CCCCC4)C3=C2C(=O)CCC3)cc1OC. The molecule has 1 unspecified atom stereocenters. The van der Waals surface area contributed by atoms with Crippen molar-refractivity contribution in [2.75, 3.05) is 26.2 Å². The van der Waals surface area contributed by atoms with Gasteiger partial charge in [-0.15, -0.1) is 11.3 Å². The summed E-state index contributed by atoms with van der Waals surface area (Å²) >= 11 is 1.56. The second-order valence-corrected chi connectivity index (χ2v) is 10.5. The maximum atomic E-state index is 13.8. The van der Waals surface area contributed by atoms with Crippen molar-refractivity contribution in [2.24, 2.45) is 0 Å². The highest BCUT2D eigenvalue weighted by atomic mass is 32.1. The van der Waals surface area contributed by atoms with Crippen LogP contribution in [0.4, 0.5) is 5.00 Å². The molecule has 0 bridgehead atoms. The minimum atomic E-state index is -0.449. The molecule has 1 amide bonds. The fourth-order valence-electron chi connectivity index (χ4n) is 5.82. The van der Waals surface area contributed by atoms with Crippen LogP contribution in [-0.4, -0.2) is 33.0 Å². The van der Waals surface area contributed by atoms with E-state index in [9.17, 15) is 14.9 Å². The average Bonchev–Trinajstić information content (AvgIpc) is 3.06. The number of ketones is 1. The van der Waals surface area contributed by atoms with Gasteiger partial charge in [0.15, 0.2) is 17.3 Å². The molecule has 0 fully saturated rings. The van der Waals surface area contributed by atoms with Crippen LogP contribution in [0.15, 0.2) is 23.4 Å². The van der Waals surface area contributed by atoms with Crippen LogP contribution in [0.3, 0.4) is 0 Å². The summed E-state index contributed by atoms with van der Waals surface area (Å²) in [7, 11) is 4.68. The number of allylic oxidation sites excluding steroid dienone is 2. The summed E-state index contributed by atoms with van der Waals surface area (Å²) in [6.07, 6.45) is 6.97. The number of nitriles is 1. The number of benzene rings is 1. The lowest BCUT2D eigenvalue weighted by Crippen LogP contribution is -2.40. The molecule has 0 radical (unpaired) electrons. The van der Waals surface area contributed by atoms with E-state index in [-0.39, 0.29) is 18.1 Å². The number of hydrogen-bond donors (Lipinski definition) is 0. The first-order chi connectivity index (χ1) is 17.5. The molecule has 1 aromatic heterocycles. The number of anilines is 1. The van der Waals surface area contributed by atoms with Gasteiger partial charge in [0.05, 0.1) is 26.9 Å². The van der Waals surface area contributed by atoms with E-state index in [4.69, 9.17) is 14.2 Å². The molecule has 0 saturated carbocycles. The molecule has 1 aliphatic heterocycles. The van der Waals surface area contributed by atoms with Crippen LogP contribution in [0.1, 0.15) is 72.4 Å². The number of rotatable bonds is 5. The Hall–Kier alpha value is -3.31. The van der Waals surface area contributed by atoms with Gasteiger partial charge >= 0.3 is 0 Å². The molecule has 1 aromatic carbocycles. The molecule has 0 saturated heterocycles. The Labute approximate surface area is 215 Å². The first kappa shape index (κ1) is 24.4. The number of fused-ring (bicyclic) bond motifs is 1. The second-order valence-electron chi connectivity index (χ2n) is 9.43. The first-order valence-corrected chi connectivity index (χ1v) is 13.3. The molecule has 7 nitrogen and oxygen atoms in total. The van der Waals surface area contributed by atoms with E-state index in [2.05, 4.69) is 6.07 Å². The molecule has 8 heteroatoms. The molecule has 2 aromatic rings. The van der Waals surface area contributed by atoms with E-state index >= 15 is 0 Å². The fraction of sp³-hybridized carbons (Fsp3) is 0.464. The number of thiophene rings is 1. The maximum Gasteiger partial charge on any atom is 0.232 e. The zero-order valence-corrected chi connectivity index (χ0v) is 21.8. The molecular weight excluding hydrogens is 476 g/mol. The van der Waals surface area contributed by atoms with E-state index in [0.29, 0.717) is 52.6 Å². The number of amides is 1. The van der Waals surface area contributed by atoms with Crippen molar-refractivity contribution in [3.8, 4) is 23.3 Å². The molecule has 188 valence electrons. The number of carbonyl (C=O) groups excluding carboxylic acids is 2. The van der Waals surface area contributed by atoms with Crippen molar-refractivity contribution in [3.63, 3.8) is 0 Å². The van der Waals surface area contributed by atoms with Gasteiger partial charge in [0.2, 0.25) is 5.91 Å². The predicted molar refractivity (Wildman–Crippen MR) is 137 cm³/mol. The van der Waals surface area contributed by atoms with Crippen LogP contribution < -0.4 is 19.1 Å². The average molecular weight is 507 g/mol. The van der Waals surface area contributed by atoms with Crippen molar-refractivity contribution in [1.29, 1.82) is 5.26 Å². The van der Waals surface area contributed by atoms with Gasteiger partial charge in [-0.2, -0.15) is 5.26 Å². The number of carbonyl (C=O) groups is 2. The van der Waals surface area contributed by atoms with E-state index in [1.165, 1.54) is 4.88 Å². The van der Waals surface area contributed by atoms with E-state index in [0.717, 1.165) is 48.9 Å². The van der Waals surface area contributed by atoms with Gasteiger partial charge in [-0.05, 0) is 50.2 Å². The Balaban J connectivity index is 1.68. The Morgan fingerprint density at radius 3 is 2.36 bits per heavy atom. The van der Waals surface area contributed by atoms with Gasteiger partial charge in [0.1, 0.15) is 16.8 Å². The lowest BCUT2D eigenvalue weighted by Gasteiger charge is -2.38. The maximum absolute atomic E-state index is 13.8. The van der Waals surface area contributed by atoms with Crippen LogP contribution in [-0.2, 0) is 22.4 Å². The van der Waals surface area contributed by atoms with E-state index in [1.54, 1.807) is 43.6 Å². The Morgan fingerprint density at radius 1 is 0.917 bits per heavy atom. The number of hydrogen-bond acceptors (Lipinski definition) is 7. The largest absolute Gasteiger partial charge is 0.496 e. The molecule has 36 heavy (non-hydrogen) atoms. The minimum Gasteiger partial charge on any atom is -0.496 e. The van der Waals surface area contributed by atoms with Gasteiger partial charge in [-0.3, -0.25) is 14.5 Å². The summed E-state index contributed by atoms with van der Waals surface area (Å²) in [5, 5.41) is 10.8. The normalized spacial score (nSPS) is 19.8. The van der Waals surface area contributed by atoms with Gasteiger partial charge in [0.25, 0.3) is 0 Å². The third-order valence-corrected chi connectivity index (χ3v) is 8.78. The fourth-order valence-corrected chi connectivity index (χ4v) is 7.20. The Kier molecular flexibility index (Phi) is 6.76. The van der Waals surface area contributed by atoms with Gasteiger partial charge in [-0.1, -0.05) is 6.42 Å². The van der Waals surface area contributed by atoms with Gasteiger partial charge in [-0.25, -0.2) is 0 Å². The summed E-state index contributed by atoms with van der Waals surface area (Å²) in [5.74, 6) is 1.08. The predicted octanol–water partition coefficient (Wildman–Crippen LogP) is 5.44. The molecule has 0 N–H and O–H groups in total. The minimum absolute atomic E-state index is 0.0483. The summed E-state index contributed by atoms with van der Waals surface area (Å²) in [5.41, 5.74) is 3.82. The van der Waals surface area contributed by atoms with Crippen molar-refractivity contribution in [1.82, 2.24) is 0 Å². The van der Waals surface area contributed by atoms with Crippen molar-refractivity contribution in [3.05, 3.63) is 45.0 Å².